The van der Waals surface area contributed by atoms with Crippen molar-refractivity contribution >= 4 is 17.7 Å². The average molecular weight is 364 g/mol. The summed E-state index contributed by atoms with van der Waals surface area (Å²) in [5, 5.41) is 2.99. The molecule has 1 amide bonds. The second-order valence-corrected chi connectivity index (χ2v) is 7.15. The Morgan fingerprint density at radius 3 is 2.93 bits per heavy atom. The van der Waals surface area contributed by atoms with Gasteiger partial charge in [0.15, 0.2) is 0 Å². The van der Waals surface area contributed by atoms with Crippen molar-refractivity contribution in [2.45, 2.75) is 6.42 Å². The van der Waals surface area contributed by atoms with Crippen LogP contribution in [0, 0.1) is 17.8 Å². The van der Waals surface area contributed by atoms with E-state index in [9.17, 15) is 4.79 Å². The molecule has 1 N–H and O–H groups in total. The van der Waals surface area contributed by atoms with E-state index in [2.05, 4.69) is 20.2 Å². The second-order valence-electron chi connectivity index (χ2n) is 7.15. The highest BCUT2D eigenvalue weighted by Gasteiger charge is 2.54. The Hall–Kier alpha value is -2.89. The molecule has 2 aromatic heterocycles. The van der Waals surface area contributed by atoms with E-state index in [1.165, 1.54) is 5.69 Å². The van der Waals surface area contributed by atoms with Crippen molar-refractivity contribution in [1.29, 1.82) is 0 Å². The molecule has 1 aliphatic heterocycles. The predicted octanol–water partition coefficient (Wildman–Crippen LogP) is 2.39. The van der Waals surface area contributed by atoms with Crippen molar-refractivity contribution in [1.82, 2.24) is 15.3 Å². The van der Waals surface area contributed by atoms with Gasteiger partial charge in [0.05, 0.1) is 7.11 Å². The van der Waals surface area contributed by atoms with Crippen LogP contribution in [0.2, 0.25) is 0 Å². The third-order valence-electron chi connectivity index (χ3n) is 5.55. The van der Waals surface area contributed by atoms with Crippen LogP contribution in [0.3, 0.4) is 0 Å². The minimum absolute atomic E-state index is 0.0461. The number of nitrogens with zero attached hydrogens (tertiary/aromatic N) is 3. The molecule has 0 radical (unpaired) electrons. The summed E-state index contributed by atoms with van der Waals surface area (Å²) in [5.74, 6) is 2.83. The number of nitrogens with one attached hydrogen (secondary N) is 1. The zero-order valence-electron chi connectivity index (χ0n) is 15.4. The average Bonchev–Trinajstić information content (AvgIpc) is 3.15. The number of hydrogen-bond donors (Lipinski definition) is 1. The number of ether oxygens (including phenoxy) is 1. The number of fused-ring (bicyclic) bond motifs is 1. The third-order valence-corrected chi connectivity index (χ3v) is 5.55. The first kappa shape index (κ1) is 17.5. The topological polar surface area (TPSA) is 67.3 Å². The molecule has 1 saturated heterocycles. The van der Waals surface area contributed by atoms with Gasteiger partial charge in [0, 0.05) is 56.1 Å². The van der Waals surface area contributed by atoms with Crippen molar-refractivity contribution in [3.63, 3.8) is 0 Å². The molecule has 3 heterocycles. The fourth-order valence-corrected chi connectivity index (χ4v) is 4.06. The van der Waals surface area contributed by atoms with Gasteiger partial charge in [-0.05, 0) is 47.9 Å². The molecule has 2 fully saturated rings. The first-order valence-corrected chi connectivity index (χ1v) is 9.35. The molecule has 1 unspecified atom stereocenters. The Balaban J connectivity index is 1.18. The SMILES string of the molecule is COc1cc(N2C[C@@H]3C(CCNC(=O)/C=C/c4cccnc4)[C@@H]3C2)ccn1. The number of carbonyl (C=O) groups is 1. The summed E-state index contributed by atoms with van der Waals surface area (Å²) in [6.07, 6.45) is 9.66. The zero-order chi connectivity index (χ0) is 18.6. The van der Waals surface area contributed by atoms with Crippen LogP contribution in [0.1, 0.15) is 12.0 Å². The van der Waals surface area contributed by atoms with Gasteiger partial charge < -0.3 is 15.0 Å². The maximum atomic E-state index is 11.9. The molecule has 0 aromatic carbocycles. The van der Waals surface area contributed by atoms with Crippen LogP contribution in [0.15, 0.2) is 48.9 Å². The molecule has 140 valence electrons. The largest absolute Gasteiger partial charge is 0.481 e. The van der Waals surface area contributed by atoms with Crippen LogP contribution in [0.25, 0.3) is 6.08 Å². The summed E-state index contributed by atoms with van der Waals surface area (Å²) < 4.78 is 5.21. The summed E-state index contributed by atoms with van der Waals surface area (Å²) in [7, 11) is 1.64. The summed E-state index contributed by atoms with van der Waals surface area (Å²) in [4.78, 5) is 22.5. The second kappa shape index (κ2) is 7.78. The molecule has 0 bridgehead atoms. The van der Waals surface area contributed by atoms with Gasteiger partial charge in [0.1, 0.15) is 0 Å². The van der Waals surface area contributed by atoms with Crippen LogP contribution in [-0.4, -0.2) is 42.6 Å². The Kier molecular flexibility index (Phi) is 5.05. The lowest BCUT2D eigenvalue weighted by Crippen LogP contribution is -2.26. The molecule has 2 aromatic rings. The van der Waals surface area contributed by atoms with Gasteiger partial charge in [0.25, 0.3) is 0 Å². The number of aromatic nitrogens is 2. The van der Waals surface area contributed by atoms with Gasteiger partial charge >= 0.3 is 0 Å². The first-order valence-electron chi connectivity index (χ1n) is 9.35. The quantitative estimate of drug-likeness (QED) is 0.764. The van der Waals surface area contributed by atoms with E-state index in [1.54, 1.807) is 37.9 Å². The lowest BCUT2D eigenvalue weighted by Gasteiger charge is -2.22. The van der Waals surface area contributed by atoms with Gasteiger partial charge in [0.2, 0.25) is 11.8 Å². The Bertz CT molecular complexity index is 812. The lowest BCUT2D eigenvalue weighted by atomic mass is 10.2. The number of pyridine rings is 2. The molecule has 6 nitrogen and oxygen atoms in total. The van der Waals surface area contributed by atoms with Crippen LogP contribution in [-0.2, 0) is 4.79 Å². The van der Waals surface area contributed by atoms with E-state index < -0.39 is 0 Å². The Morgan fingerprint density at radius 2 is 2.19 bits per heavy atom. The molecule has 1 saturated carbocycles. The monoisotopic (exact) mass is 364 g/mol. The van der Waals surface area contributed by atoms with Gasteiger partial charge in [-0.2, -0.15) is 0 Å². The molecular weight excluding hydrogens is 340 g/mol. The maximum Gasteiger partial charge on any atom is 0.244 e. The molecule has 2 aliphatic rings. The third kappa shape index (κ3) is 4.10. The molecule has 1 aliphatic carbocycles. The van der Waals surface area contributed by atoms with E-state index in [1.807, 2.05) is 24.3 Å². The predicted molar refractivity (Wildman–Crippen MR) is 104 cm³/mol. The lowest BCUT2D eigenvalue weighted by molar-refractivity contribution is -0.116. The molecule has 3 atom stereocenters. The van der Waals surface area contributed by atoms with Gasteiger partial charge in [-0.25, -0.2) is 4.98 Å². The summed E-state index contributed by atoms with van der Waals surface area (Å²) in [6, 6.07) is 7.81. The van der Waals surface area contributed by atoms with E-state index in [0.29, 0.717) is 5.88 Å². The van der Waals surface area contributed by atoms with Gasteiger partial charge in [-0.1, -0.05) is 6.07 Å². The highest BCUT2D eigenvalue weighted by Crippen LogP contribution is 2.54. The summed E-state index contributed by atoms with van der Waals surface area (Å²) >= 11 is 0. The smallest absolute Gasteiger partial charge is 0.244 e. The Morgan fingerprint density at radius 1 is 1.33 bits per heavy atom. The summed E-state index contributed by atoms with van der Waals surface area (Å²) in [6.45, 7) is 2.89. The van der Waals surface area contributed by atoms with E-state index in [4.69, 9.17) is 4.74 Å². The molecule has 6 heteroatoms. The van der Waals surface area contributed by atoms with Crippen LogP contribution >= 0.6 is 0 Å². The number of methoxy groups -OCH3 is 1. The van der Waals surface area contributed by atoms with Crippen LogP contribution < -0.4 is 15.0 Å². The maximum absolute atomic E-state index is 11.9. The fraction of sp³-hybridized carbons (Fsp3) is 0.381. The summed E-state index contributed by atoms with van der Waals surface area (Å²) in [5.41, 5.74) is 2.11. The van der Waals surface area contributed by atoms with Crippen LogP contribution in [0.5, 0.6) is 5.88 Å². The first-order chi connectivity index (χ1) is 13.2. The van der Waals surface area contributed by atoms with Crippen molar-refractivity contribution < 1.29 is 9.53 Å². The molecule has 27 heavy (non-hydrogen) atoms. The minimum atomic E-state index is -0.0461. The van der Waals surface area contributed by atoms with E-state index >= 15 is 0 Å². The van der Waals surface area contributed by atoms with Crippen molar-refractivity contribution in [2.24, 2.45) is 17.8 Å². The number of hydrogen-bond acceptors (Lipinski definition) is 5. The number of carbonyl (C=O) groups excluding carboxylic acids is 1. The highest BCUT2D eigenvalue weighted by molar-refractivity contribution is 5.91. The van der Waals surface area contributed by atoms with Crippen molar-refractivity contribution in [3.05, 3.63) is 54.5 Å². The molecule has 0 spiro atoms. The Labute approximate surface area is 159 Å². The normalized spacial score (nSPS) is 23.3. The van der Waals surface area contributed by atoms with Gasteiger partial charge in [-0.15, -0.1) is 0 Å². The number of anilines is 1. The fourth-order valence-electron chi connectivity index (χ4n) is 4.06. The number of amides is 1. The van der Waals surface area contributed by atoms with E-state index in [0.717, 1.165) is 49.4 Å². The molecule has 4 rings (SSSR count). The number of piperidine rings is 1. The molecular formula is C21H24N4O2. The van der Waals surface area contributed by atoms with Crippen molar-refractivity contribution in [2.75, 3.05) is 31.6 Å². The van der Waals surface area contributed by atoms with Gasteiger partial charge in [-0.3, -0.25) is 9.78 Å². The standard InChI is InChI=1S/C21H24N4O2/c1-27-21-11-16(6-9-24-21)25-13-18-17(19(18)14-25)7-10-23-20(26)5-4-15-3-2-8-22-12-15/h2-6,8-9,11-12,17-19H,7,10,13-14H2,1H3,(H,23,26)/b5-4+/t17?,18-,19+. The van der Waals surface area contributed by atoms with Crippen LogP contribution in [0.4, 0.5) is 5.69 Å². The van der Waals surface area contributed by atoms with E-state index in [-0.39, 0.29) is 5.91 Å². The zero-order valence-corrected chi connectivity index (χ0v) is 15.4. The number of rotatable bonds is 7. The van der Waals surface area contributed by atoms with Crippen molar-refractivity contribution in [3.8, 4) is 5.88 Å². The minimum Gasteiger partial charge on any atom is -0.481 e. The highest BCUT2D eigenvalue weighted by atomic mass is 16.5.